The lowest BCUT2D eigenvalue weighted by atomic mass is 10.2. The van der Waals surface area contributed by atoms with Crippen molar-refractivity contribution in [3.05, 3.63) is 29.8 Å². The fraction of sp³-hybridized carbons (Fsp3) is 0.571. The summed E-state index contributed by atoms with van der Waals surface area (Å²) in [5, 5.41) is 0. The lowest BCUT2D eigenvalue weighted by Gasteiger charge is -2.28. The standard InChI is InChI=1S/C11H15NO.C3H8/c1-10-2-4-11(5-3-10)12-6-8-13-9-7-12;1-3-2/h2-5H,6-9H2,1H3;3H2,1-2H3. The first-order valence-electron chi connectivity index (χ1n) is 6.17. The zero-order valence-corrected chi connectivity index (χ0v) is 10.7. The highest BCUT2D eigenvalue weighted by molar-refractivity contribution is 5.47. The van der Waals surface area contributed by atoms with Crippen molar-refractivity contribution in [3.63, 3.8) is 0 Å². The molecule has 2 rings (SSSR count). The molecule has 0 N–H and O–H groups in total. The second kappa shape index (κ2) is 7.29. The van der Waals surface area contributed by atoms with Gasteiger partial charge in [-0.2, -0.15) is 0 Å². The van der Waals surface area contributed by atoms with Crippen LogP contribution in [0.4, 0.5) is 5.69 Å². The van der Waals surface area contributed by atoms with Crippen LogP contribution in [-0.2, 0) is 4.74 Å². The van der Waals surface area contributed by atoms with Gasteiger partial charge in [0.05, 0.1) is 13.2 Å². The zero-order valence-electron chi connectivity index (χ0n) is 10.7. The molecule has 2 nitrogen and oxygen atoms in total. The molecule has 1 fully saturated rings. The first-order valence-corrected chi connectivity index (χ1v) is 6.17. The number of benzene rings is 1. The number of anilines is 1. The third kappa shape index (κ3) is 4.23. The normalized spacial score (nSPS) is 15.3. The molecule has 1 heterocycles. The summed E-state index contributed by atoms with van der Waals surface area (Å²) >= 11 is 0. The van der Waals surface area contributed by atoms with Gasteiger partial charge in [0.1, 0.15) is 0 Å². The molecule has 16 heavy (non-hydrogen) atoms. The number of hydrogen-bond acceptors (Lipinski definition) is 2. The number of rotatable bonds is 1. The van der Waals surface area contributed by atoms with Crippen LogP contribution in [0, 0.1) is 6.92 Å². The largest absolute Gasteiger partial charge is 0.378 e. The van der Waals surface area contributed by atoms with E-state index >= 15 is 0 Å². The maximum absolute atomic E-state index is 5.30. The van der Waals surface area contributed by atoms with E-state index in [-0.39, 0.29) is 0 Å². The first-order chi connectivity index (χ1) is 7.77. The SMILES string of the molecule is CCC.Cc1ccc(N2CCOCC2)cc1. The van der Waals surface area contributed by atoms with Crippen molar-refractivity contribution in [2.45, 2.75) is 27.2 Å². The van der Waals surface area contributed by atoms with Gasteiger partial charge < -0.3 is 9.64 Å². The number of morpholine rings is 1. The third-order valence-corrected chi connectivity index (χ3v) is 2.41. The number of aryl methyl sites for hydroxylation is 1. The van der Waals surface area contributed by atoms with Gasteiger partial charge in [-0.25, -0.2) is 0 Å². The minimum atomic E-state index is 0.855. The second-order valence-electron chi connectivity index (χ2n) is 4.14. The molecule has 1 saturated heterocycles. The van der Waals surface area contributed by atoms with Crippen LogP contribution in [0.3, 0.4) is 0 Å². The fourth-order valence-electron chi connectivity index (χ4n) is 1.58. The van der Waals surface area contributed by atoms with Gasteiger partial charge in [-0.05, 0) is 19.1 Å². The Morgan fingerprint density at radius 1 is 1.06 bits per heavy atom. The minimum Gasteiger partial charge on any atom is -0.378 e. The molecule has 2 heteroatoms. The van der Waals surface area contributed by atoms with E-state index in [1.54, 1.807) is 0 Å². The van der Waals surface area contributed by atoms with Gasteiger partial charge in [0.15, 0.2) is 0 Å². The van der Waals surface area contributed by atoms with Gasteiger partial charge in [0.2, 0.25) is 0 Å². The number of nitrogens with zero attached hydrogens (tertiary/aromatic N) is 1. The summed E-state index contributed by atoms with van der Waals surface area (Å²) in [6.07, 6.45) is 1.25. The summed E-state index contributed by atoms with van der Waals surface area (Å²) < 4.78 is 5.30. The molecule has 1 aromatic carbocycles. The van der Waals surface area contributed by atoms with Gasteiger partial charge in [0.25, 0.3) is 0 Å². The molecule has 0 aromatic heterocycles. The summed E-state index contributed by atoms with van der Waals surface area (Å²) in [7, 11) is 0. The van der Waals surface area contributed by atoms with Crippen molar-refractivity contribution in [3.8, 4) is 0 Å². The molecule has 1 aliphatic rings. The van der Waals surface area contributed by atoms with E-state index in [4.69, 9.17) is 4.74 Å². The molecule has 0 bridgehead atoms. The Morgan fingerprint density at radius 2 is 1.56 bits per heavy atom. The van der Waals surface area contributed by atoms with Gasteiger partial charge in [0, 0.05) is 18.8 Å². The van der Waals surface area contributed by atoms with Gasteiger partial charge >= 0.3 is 0 Å². The molecule has 0 spiro atoms. The Bertz CT molecular complexity index is 275. The minimum absolute atomic E-state index is 0.855. The zero-order chi connectivity index (χ0) is 11.8. The van der Waals surface area contributed by atoms with Crippen LogP contribution in [0.2, 0.25) is 0 Å². The second-order valence-corrected chi connectivity index (χ2v) is 4.14. The van der Waals surface area contributed by atoms with Crippen molar-refractivity contribution in [1.82, 2.24) is 0 Å². The van der Waals surface area contributed by atoms with Crippen LogP contribution < -0.4 is 4.90 Å². The summed E-state index contributed by atoms with van der Waals surface area (Å²) in [5.41, 5.74) is 2.63. The average molecular weight is 221 g/mol. The molecule has 0 atom stereocenters. The van der Waals surface area contributed by atoms with E-state index < -0.39 is 0 Å². The Labute approximate surface area is 99.2 Å². The van der Waals surface area contributed by atoms with Crippen molar-refractivity contribution < 1.29 is 4.74 Å². The van der Waals surface area contributed by atoms with E-state index in [9.17, 15) is 0 Å². The van der Waals surface area contributed by atoms with Crippen molar-refractivity contribution in [2.75, 3.05) is 31.2 Å². The topological polar surface area (TPSA) is 12.5 Å². The number of ether oxygens (including phenoxy) is 1. The maximum Gasteiger partial charge on any atom is 0.0642 e. The van der Waals surface area contributed by atoms with Crippen molar-refractivity contribution >= 4 is 5.69 Å². The van der Waals surface area contributed by atoms with E-state index in [2.05, 4.69) is 49.9 Å². The molecular formula is C14H23NO. The predicted molar refractivity (Wildman–Crippen MR) is 70.2 cm³/mol. The Kier molecular flexibility index (Phi) is 5.94. The quantitative estimate of drug-likeness (QED) is 0.722. The van der Waals surface area contributed by atoms with E-state index in [0.29, 0.717) is 0 Å². The van der Waals surface area contributed by atoms with Crippen LogP contribution in [0.1, 0.15) is 25.8 Å². The first kappa shape index (κ1) is 13.0. The molecule has 1 aliphatic heterocycles. The Balaban J connectivity index is 0.000000386. The maximum atomic E-state index is 5.30. The van der Waals surface area contributed by atoms with Crippen molar-refractivity contribution in [2.24, 2.45) is 0 Å². The Morgan fingerprint density at radius 3 is 2.06 bits per heavy atom. The fourth-order valence-corrected chi connectivity index (χ4v) is 1.58. The summed E-state index contributed by atoms with van der Waals surface area (Å²) in [6, 6.07) is 8.68. The molecule has 90 valence electrons. The molecule has 0 unspecified atom stereocenters. The molecule has 0 saturated carbocycles. The average Bonchev–Trinajstić information content (AvgIpc) is 2.32. The summed E-state index contributed by atoms with van der Waals surface area (Å²) in [6.45, 7) is 10.1. The van der Waals surface area contributed by atoms with Crippen LogP contribution in [-0.4, -0.2) is 26.3 Å². The van der Waals surface area contributed by atoms with Gasteiger partial charge in [-0.15, -0.1) is 0 Å². The Hall–Kier alpha value is -1.02. The molecule has 0 aliphatic carbocycles. The van der Waals surface area contributed by atoms with Crippen LogP contribution in [0.5, 0.6) is 0 Å². The van der Waals surface area contributed by atoms with Crippen LogP contribution in [0.25, 0.3) is 0 Å². The highest BCUT2D eigenvalue weighted by atomic mass is 16.5. The number of hydrogen-bond donors (Lipinski definition) is 0. The molecule has 0 amide bonds. The van der Waals surface area contributed by atoms with Crippen LogP contribution in [0.15, 0.2) is 24.3 Å². The van der Waals surface area contributed by atoms with Gasteiger partial charge in [-0.3, -0.25) is 0 Å². The van der Waals surface area contributed by atoms with Crippen LogP contribution >= 0.6 is 0 Å². The molecule has 0 radical (unpaired) electrons. The summed E-state index contributed by atoms with van der Waals surface area (Å²) in [5.74, 6) is 0. The lowest BCUT2D eigenvalue weighted by molar-refractivity contribution is 0.122. The van der Waals surface area contributed by atoms with E-state index in [0.717, 1.165) is 26.3 Å². The third-order valence-electron chi connectivity index (χ3n) is 2.41. The predicted octanol–water partition coefficient (Wildman–Crippen LogP) is 3.25. The monoisotopic (exact) mass is 221 g/mol. The highest BCUT2D eigenvalue weighted by Gasteiger charge is 2.09. The summed E-state index contributed by atoms with van der Waals surface area (Å²) in [4.78, 5) is 2.36. The van der Waals surface area contributed by atoms with Gasteiger partial charge in [-0.1, -0.05) is 38.0 Å². The molecular weight excluding hydrogens is 198 g/mol. The van der Waals surface area contributed by atoms with Crippen molar-refractivity contribution in [1.29, 1.82) is 0 Å². The molecule has 1 aromatic rings. The van der Waals surface area contributed by atoms with E-state index in [1.165, 1.54) is 17.7 Å². The smallest absolute Gasteiger partial charge is 0.0642 e. The van der Waals surface area contributed by atoms with E-state index in [1.807, 2.05) is 0 Å². The highest BCUT2D eigenvalue weighted by Crippen LogP contribution is 2.15. The lowest BCUT2D eigenvalue weighted by Crippen LogP contribution is -2.36.